The van der Waals surface area contributed by atoms with Crippen molar-refractivity contribution in [2.45, 2.75) is 31.6 Å². The lowest BCUT2D eigenvalue weighted by Crippen LogP contribution is -2.06. The van der Waals surface area contributed by atoms with E-state index in [1.807, 2.05) is 30.9 Å². The van der Waals surface area contributed by atoms with Crippen LogP contribution in [0.3, 0.4) is 0 Å². The van der Waals surface area contributed by atoms with Gasteiger partial charge in [-0.25, -0.2) is 4.98 Å². The molecule has 2 atom stereocenters. The van der Waals surface area contributed by atoms with E-state index in [-0.39, 0.29) is 5.38 Å². The maximum absolute atomic E-state index is 5.90. The molecule has 0 bridgehead atoms. The van der Waals surface area contributed by atoms with E-state index in [1.54, 1.807) is 0 Å². The Bertz CT molecular complexity index is 242. The Hall–Kier alpha value is -0.500. The van der Waals surface area contributed by atoms with Gasteiger partial charge in [0.05, 0.1) is 0 Å². The van der Waals surface area contributed by atoms with E-state index in [9.17, 15) is 0 Å². The average molecular weight is 187 g/mol. The van der Waals surface area contributed by atoms with Gasteiger partial charge in [-0.3, -0.25) is 0 Å². The molecule has 0 aliphatic rings. The van der Waals surface area contributed by atoms with E-state index in [0.717, 1.165) is 12.2 Å². The highest BCUT2D eigenvalue weighted by atomic mass is 35.5. The van der Waals surface area contributed by atoms with Crippen molar-refractivity contribution in [3.8, 4) is 0 Å². The van der Waals surface area contributed by atoms with Gasteiger partial charge in [-0.15, -0.1) is 11.6 Å². The Morgan fingerprint density at radius 2 is 2.25 bits per heavy atom. The summed E-state index contributed by atoms with van der Waals surface area (Å²) in [6.45, 7) is 4.17. The highest BCUT2D eigenvalue weighted by Gasteiger charge is 2.12. The van der Waals surface area contributed by atoms with Crippen molar-refractivity contribution in [1.82, 2.24) is 9.55 Å². The average Bonchev–Trinajstić information content (AvgIpc) is 2.33. The molecule has 68 valence electrons. The first-order valence-electron chi connectivity index (χ1n) is 4.22. The topological polar surface area (TPSA) is 17.8 Å². The van der Waals surface area contributed by atoms with E-state index >= 15 is 0 Å². The third-order valence-corrected chi connectivity index (χ3v) is 2.16. The van der Waals surface area contributed by atoms with Crippen LogP contribution in [-0.2, 0) is 7.05 Å². The second-order valence-corrected chi connectivity index (χ2v) is 4.06. The number of nitrogens with zero attached hydrogens (tertiary/aromatic N) is 2. The lowest BCUT2D eigenvalue weighted by Gasteiger charge is -2.12. The molecule has 0 spiro atoms. The van der Waals surface area contributed by atoms with Gasteiger partial charge >= 0.3 is 0 Å². The van der Waals surface area contributed by atoms with Crippen molar-refractivity contribution in [2.75, 3.05) is 0 Å². The Kier molecular flexibility index (Phi) is 3.15. The second kappa shape index (κ2) is 3.94. The molecule has 2 nitrogen and oxygen atoms in total. The fourth-order valence-electron chi connectivity index (χ4n) is 1.44. The molecule has 0 fully saturated rings. The summed E-state index contributed by atoms with van der Waals surface area (Å²) in [7, 11) is 2.01. The number of imidazole rings is 1. The summed E-state index contributed by atoms with van der Waals surface area (Å²) in [5.74, 6) is 1.56. The first kappa shape index (κ1) is 9.59. The van der Waals surface area contributed by atoms with Crippen LogP contribution in [0.25, 0.3) is 0 Å². The number of alkyl halides is 1. The van der Waals surface area contributed by atoms with Gasteiger partial charge in [0, 0.05) is 30.7 Å². The predicted molar refractivity (Wildman–Crippen MR) is 51.6 cm³/mol. The van der Waals surface area contributed by atoms with Crippen molar-refractivity contribution in [3.63, 3.8) is 0 Å². The standard InChI is InChI=1S/C9H15ClN2/c1-7(6-8(2)10)9-11-4-5-12(9)3/h4-5,7-8H,6H2,1-3H3. The highest BCUT2D eigenvalue weighted by molar-refractivity contribution is 6.20. The monoisotopic (exact) mass is 186 g/mol. The van der Waals surface area contributed by atoms with Gasteiger partial charge in [-0.1, -0.05) is 6.92 Å². The van der Waals surface area contributed by atoms with Crippen LogP contribution in [0.15, 0.2) is 12.4 Å². The van der Waals surface area contributed by atoms with E-state index in [0.29, 0.717) is 5.92 Å². The van der Waals surface area contributed by atoms with E-state index in [4.69, 9.17) is 11.6 Å². The molecular weight excluding hydrogens is 172 g/mol. The summed E-state index contributed by atoms with van der Waals surface area (Å²) in [4.78, 5) is 4.27. The minimum Gasteiger partial charge on any atom is -0.338 e. The van der Waals surface area contributed by atoms with Crippen molar-refractivity contribution in [2.24, 2.45) is 7.05 Å². The molecule has 0 aliphatic carbocycles. The molecule has 1 heterocycles. The first-order chi connectivity index (χ1) is 5.61. The van der Waals surface area contributed by atoms with E-state index < -0.39 is 0 Å². The maximum Gasteiger partial charge on any atom is 0.111 e. The van der Waals surface area contributed by atoms with Crippen LogP contribution >= 0.6 is 11.6 Å². The number of rotatable bonds is 3. The molecule has 2 unspecified atom stereocenters. The molecule has 12 heavy (non-hydrogen) atoms. The Labute approximate surface area is 78.6 Å². The molecule has 1 rings (SSSR count). The predicted octanol–water partition coefficient (Wildman–Crippen LogP) is 2.54. The largest absolute Gasteiger partial charge is 0.338 e. The minimum absolute atomic E-state index is 0.219. The molecule has 0 N–H and O–H groups in total. The van der Waals surface area contributed by atoms with Gasteiger partial charge in [-0.05, 0) is 13.3 Å². The van der Waals surface area contributed by atoms with Gasteiger partial charge in [0.15, 0.2) is 0 Å². The van der Waals surface area contributed by atoms with Crippen LogP contribution in [0.5, 0.6) is 0 Å². The van der Waals surface area contributed by atoms with Gasteiger partial charge in [0.1, 0.15) is 5.82 Å². The smallest absolute Gasteiger partial charge is 0.111 e. The minimum atomic E-state index is 0.219. The molecule has 0 saturated heterocycles. The van der Waals surface area contributed by atoms with Crippen LogP contribution in [0.2, 0.25) is 0 Å². The van der Waals surface area contributed by atoms with Crippen LogP contribution in [0, 0.1) is 0 Å². The summed E-state index contributed by atoms with van der Waals surface area (Å²) >= 11 is 5.90. The van der Waals surface area contributed by atoms with E-state index in [1.165, 1.54) is 0 Å². The van der Waals surface area contributed by atoms with Crippen LogP contribution < -0.4 is 0 Å². The molecule has 3 heteroatoms. The first-order valence-corrected chi connectivity index (χ1v) is 4.66. The third kappa shape index (κ3) is 2.24. The summed E-state index contributed by atoms with van der Waals surface area (Å²) in [6.07, 6.45) is 4.77. The molecule has 0 radical (unpaired) electrons. The lowest BCUT2D eigenvalue weighted by atomic mass is 10.1. The third-order valence-electron chi connectivity index (χ3n) is 1.98. The molecular formula is C9H15ClN2. The normalized spacial score (nSPS) is 16.0. The van der Waals surface area contributed by atoms with Crippen molar-refractivity contribution in [3.05, 3.63) is 18.2 Å². The van der Waals surface area contributed by atoms with Crippen LogP contribution in [0.4, 0.5) is 0 Å². The Morgan fingerprint density at radius 3 is 2.67 bits per heavy atom. The number of aryl methyl sites for hydroxylation is 1. The van der Waals surface area contributed by atoms with Crippen molar-refractivity contribution in [1.29, 1.82) is 0 Å². The zero-order valence-electron chi connectivity index (χ0n) is 7.79. The lowest BCUT2D eigenvalue weighted by molar-refractivity contribution is 0.606. The molecule has 1 aromatic heterocycles. The number of halogens is 1. The zero-order chi connectivity index (χ0) is 9.14. The van der Waals surface area contributed by atoms with Gasteiger partial charge in [0.25, 0.3) is 0 Å². The zero-order valence-corrected chi connectivity index (χ0v) is 8.54. The Balaban J connectivity index is 2.65. The molecule has 0 aromatic carbocycles. The summed E-state index contributed by atoms with van der Waals surface area (Å²) in [5, 5.41) is 0.219. The summed E-state index contributed by atoms with van der Waals surface area (Å²) < 4.78 is 2.05. The number of hydrogen-bond donors (Lipinski definition) is 0. The summed E-state index contributed by atoms with van der Waals surface area (Å²) in [5.41, 5.74) is 0. The Morgan fingerprint density at radius 1 is 1.58 bits per heavy atom. The van der Waals surface area contributed by atoms with Gasteiger partial charge in [0.2, 0.25) is 0 Å². The van der Waals surface area contributed by atoms with Crippen molar-refractivity contribution < 1.29 is 0 Å². The number of aromatic nitrogens is 2. The SMILES string of the molecule is CC(Cl)CC(C)c1nccn1C. The highest BCUT2D eigenvalue weighted by Crippen LogP contribution is 2.20. The fraction of sp³-hybridized carbons (Fsp3) is 0.667. The molecule has 0 amide bonds. The molecule has 0 aliphatic heterocycles. The maximum atomic E-state index is 5.90. The number of hydrogen-bond acceptors (Lipinski definition) is 1. The molecule has 1 aromatic rings. The molecule has 0 saturated carbocycles. The van der Waals surface area contributed by atoms with Crippen LogP contribution in [0.1, 0.15) is 32.0 Å². The summed E-state index contributed by atoms with van der Waals surface area (Å²) in [6, 6.07) is 0. The van der Waals surface area contributed by atoms with Gasteiger partial charge in [-0.2, -0.15) is 0 Å². The fourth-order valence-corrected chi connectivity index (χ4v) is 1.71. The quantitative estimate of drug-likeness (QED) is 0.664. The van der Waals surface area contributed by atoms with Gasteiger partial charge < -0.3 is 4.57 Å². The van der Waals surface area contributed by atoms with E-state index in [2.05, 4.69) is 11.9 Å². The van der Waals surface area contributed by atoms with Crippen molar-refractivity contribution >= 4 is 11.6 Å². The van der Waals surface area contributed by atoms with Crippen LogP contribution in [-0.4, -0.2) is 14.9 Å². The second-order valence-electron chi connectivity index (χ2n) is 3.31.